The van der Waals surface area contributed by atoms with Crippen molar-refractivity contribution in [1.29, 1.82) is 0 Å². The van der Waals surface area contributed by atoms with Crippen LogP contribution in [-0.2, 0) is 10.0 Å². The fraction of sp³-hybridized carbons (Fsp3) is 0.500. The van der Waals surface area contributed by atoms with Gasteiger partial charge in [0.2, 0.25) is 0 Å². The zero-order valence-electron chi connectivity index (χ0n) is 10.1. The molecule has 1 rings (SSSR count). The molecular weight excluding hydrogens is 258 g/mol. The molecule has 2 N–H and O–H groups in total. The molecule has 0 aliphatic heterocycles. The average molecular weight is 275 g/mol. The number of sulfonamides is 1. The van der Waals surface area contributed by atoms with Crippen molar-refractivity contribution in [3.63, 3.8) is 0 Å². The van der Waals surface area contributed by atoms with Crippen LogP contribution in [0.3, 0.4) is 0 Å². The molecule has 0 aliphatic rings. The molecule has 0 spiro atoms. The molecule has 0 fully saturated rings. The van der Waals surface area contributed by atoms with Gasteiger partial charge in [0, 0.05) is 25.0 Å². The maximum absolute atomic E-state index is 12.0. The van der Waals surface area contributed by atoms with Crippen molar-refractivity contribution in [1.82, 2.24) is 9.71 Å². The third kappa shape index (κ3) is 3.86. The highest BCUT2D eigenvalue weighted by molar-refractivity contribution is 7.99. The van der Waals surface area contributed by atoms with Crippen molar-refractivity contribution in [2.24, 2.45) is 0 Å². The van der Waals surface area contributed by atoms with Gasteiger partial charge >= 0.3 is 0 Å². The van der Waals surface area contributed by atoms with Crippen molar-refractivity contribution >= 4 is 27.5 Å². The Hall–Kier alpha value is -0.790. The highest BCUT2D eigenvalue weighted by Crippen LogP contribution is 2.17. The molecule has 1 atom stereocenters. The van der Waals surface area contributed by atoms with Crippen molar-refractivity contribution in [2.75, 3.05) is 25.2 Å². The second-order valence-corrected chi connectivity index (χ2v) is 6.46. The SMILES string of the molecule is CNc1cccnc1S(=O)(=O)NCC(C)SC. The average Bonchev–Trinajstić information content (AvgIpc) is 2.35. The fourth-order valence-corrected chi connectivity index (χ4v) is 2.79. The van der Waals surface area contributed by atoms with Crippen molar-refractivity contribution < 1.29 is 8.42 Å². The minimum atomic E-state index is -3.55. The van der Waals surface area contributed by atoms with Crippen LogP contribution in [0.25, 0.3) is 0 Å². The molecule has 1 heterocycles. The molecule has 7 heteroatoms. The summed E-state index contributed by atoms with van der Waals surface area (Å²) < 4.78 is 26.6. The number of nitrogens with zero attached hydrogens (tertiary/aromatic N) is 1. The van der Waals surface area contributed by atoms with E-state index in [4.69, 9.17) is 0 Å². The van der Waals surface area contributed by atoms with Crippen LogP contribution in [-0.4, -0.2) is 38.5 Å². The van der Waals surface area contributed by atoms with Gasteiger partial charge in [-0.3, -0.25) is 0 Å². The first-order chi connectivity index (χ1) is 8.01. The second kappa shape index (κ2) is 6.23. The van der Waals surface area contributed by atoms with Gasteiger partial charge in [-0.1, -0.05) is 6.92 Å². The van der Waals surface area contributed by atoms with Gasteiger partial charge in [0.25, 0.3) is 10.0 Å². The monoisotopic (exact) mass is 275 g/mol. The molecule has 1 unspecified atom stereocenters. The number of hydrogen-bond donors (Lipinski definition) is 2. The van der Waals surface area contributed by atoms with Crippen LogP contribution in [0.15, 0.2) is 23.4 Å². The lowest BCUT2D eigenvalue weighted by Gasteiger charge is -2.12. The summed E-state index contributed by atoms with van der Waals surface area (Å²) in [6.07, 6.45) is 3.41. The Bertz CT molecular complexity index is 462. The fourth-order valence-electron chi connectivity index (χ4n) is 1.17. The largest absolute Gasteiger partial charge is 0.386 e. The number of aromatic nitrogens is 1. The predicted molar refractivity (Wildman–Crippen MR) is 71.9 cm³/mol. The quantitative estimate of drug-likeness (QED) is 0.815. The number of pyridine rings is 1. The van der Waals surface area contributed by atoms with E-state index in [1.807, 2.05) is 13.2 Å². The minimum Gasteiger partial charge on any atom is -0.386 e. The molecule has 0 saturated heterocycles. The summed E-state index contributed by atoms with van der Waals surface area (Å²) >= 11 is 1.61. The van der Waals surface area contributed by atoms with Crippen molar-refractivity contribution in [2.45, 2.75) is 17.2 Å². The summed E-state index contributed by atoms with van der Waals surface area (Å²) in [7, 11) is -1.88. The van der Waals surface area contributed by atoms with E-state index in [1.165, 1.54) is 6.20 Å². The predicted octanol–water partition coefficient (Wildman–Crippen LogP) is 1.15. The Morgan fingerprint density at radius 1 is 1.53 bits per heavy atom. The molecule has 1 aromatic heterocycles. The minimum absolute atomic E-state index is 0.0378. The lowest BCUT2D eigenvalue weighted by Crippen LogP contribution is -2.30. The van der Waals surface area contributed by atoms with Gasteiger partial charge in [-0.25, -0.2) is 18.1 Å². The van der Waals surface area contributed by atoms with Gasteiger partial charge in [-0.2, -0.15) is 11.8 Å². The lowest BCUT2D eigenvalue weighted by molar-refractivity contribution is 0.578. The third-order valence-corrected chi connectivity index (χ3v) is 4.61. The molecule has 17 heavy (non-hydrogen) atoms. The zero-order chi connectivity index (χ0) is 12.9. The number of rotatable bonds is 6. The molecular formula is C10H17N3O2S2. The molecule has 0 aromatic carbocycles. The molecule has 96 valence electrons. The van der Waals surface area contributed by atoms with E-state index in [1.54, 1.807) is 30.9 Å². The Morgan fingerprint density at radius 2 is 2.24 bits per heavy atom. The maximum Gasteiger partial charge on any atom is 0.260 e. The van der Waals surface area contributed by atoms with E-state index in [0.717, 1.165) is 0 Å². The zero-order valence-corrected chi connectivity index (χ0v) is 11.7. The van der Waals surface area contributed by atoms with Gasteiger partial charge in [-0.15, -0.1) is 0 Å². The van der Waals surface area contributed by atoms with E-state index >= 15 is 0 Å². The van der Waals surface area contributed by atoms with Gasteiger partial charge in [0.1, 0.15) is 0 Å². The van der Waals surface area contributed by atoms with Crippen molar-refractivity contribution in [3.8, 4) is 0 Å². The van der Waals surface area contributed by atoms with Gasteiger partial charge in [0.15, 0.2) is 5.03 Å². The number of thioether (sulfide) groups is 1. The molecule has 0 bridgehead atoms. The van der Waals surface area contributed by atoms with Gasteiger partial charge < -0.3 is 5.32 Å². The highest BCUT2D eigenvalue weighted by Gasteiger charge is 2.19. The Balaban J connectivity index is 2.89. The normalized spacial score (nSPS) is 13.4. The van der Waals surface area contributed by atoms with Crippen LogP contribution in [0.4, 0.5) is 5.69 Å². The first-order valence-electron chi connectivity index (χ1n) is 5.16. The maximum atomic E-state index is 12.0. The summed E-state index contributed by atoms with van der Waals surface area (Å²) in [5, 5.41) is 3.08. The van der Waals surface area contributed by atoms with Crippen molar-refractivity contribution in [3.05, 3.63) is 18.3 Å². The van der Waals surface area contributed by atoms with Gasteiger partial charge in [-0.05, 0) is 18.4 Å². The van der Waals surface area contributed by atoms with Crippen LogP contribution in [0, 0.1) is 0 Å². The summed E-state index contributed by atoms with van der Waals surface area (Å²) in [6.45, 7) is 2.35. The third-order valence-electron chi connectivity index (χ3n) is 2.26. The smallest absolute Gasteiger partial charge is 0.260 e. The Kier molecular flexibility index (Phi) is 5.23. The van der Waals surface area contributed by atoms with Crippen LogP contribution in [0.2, 0.25) is 0 Å². The molecule has 0 amide bonds. The van der Waals surface area contributed by atoms with E-state index in [0.29, 0.717) is 12.2 Å². The Morgan fingerprint density at radius 3 is 2.82 bits per heavy atom. The van der Waals surface area contributed by atoms with Crippen LogP contribution in [0.1, 0.15) is 6.92 Å². The van der Waals surface area contributed by atoms with E-state index in [9.17, 15) is 8.42 Å². The molecule has 0 saturated carbocycles. The Labute approximate surface area is 106 Å². The summed E-state index contributed by atoms with van der Waals surface area (Å²) in [5.74, 6) is 0. The molecule has 5 nitrogen and oxygen atoms in total. The van der Waals surface area contributed by atoms with Crippen LogP contribution in [0.5, 0.6) is 0 Å². The lowest BCUT2D eigenvalue weighted by atomic mass is 10.4. The standard InChI is InChI=1S/C10H17N3O2S2/c1-8(16-3)7-13-17(14,15)10-9(11-2)5-4-6-12-10/h4-6,8,11,13H,7H2,1-3H3. The summed E-state index contributed by atoms with van der Waals surface area (Å²) in [5.41, 5.74) is 0.497. The number of nitrogens with one attached hydrogen (secondary N) is 2. The topological polar surface area (TPSA) is 71.1 Å². The van der Waals surface area contributed by atoms with E-state index < -0.39 is 10.0 Å². The highest BCUT2D eigenvalue weighted by atomic mass is 32.2. The number of anilines is 1. The van der Waals surface area contributed by atoms with Crippen LogP contribution >= 0.6 is 11.8 Å². The number of hydrogen-bond acceptors (Lipinski definition) is 5. The molecule has 0 radical (unpaired) electrons. The summed E-state index contributed by atoms with van der Waals surface area (Å²) in [6, 6.07) is 3.37. The first-order valence-corrected chi connectivity index (χ1v) is 7.93. The van der Waals surface area contributed by atoms with E-state index in [-0.39, 0.29) is 10.3 Å². The summed E-state index contributed by atoms with van der Waals surface area (Å²) in [4.78, 5) is 3.91. The second-order valence-electron chi connectivity index (χ2n) is 3.50. The molecule has 1 aromatic rings. The van der Waals surface area contributed by atoms with E-state index in [2.05, 4.69) is 15.0 Å². The first kappa shape index (κ1) is 14.3. The van der Waals surface area contributed by atoms with Crippen LogP contribution < -0.4 is 10.0 Å². The molecule has 0 aliphatic carbocycles. The van der Waals surface area contributed by atoms with Gasteiger partial charge in [0.05, 0.1) is 5.69 Å².